The summed E-state index contributed by atoms with van der Waals surface area (Å²) in [5.41, 5.74) is 4.44. The Bertz CT molecular complexity index is 1020. The molecule has 1 aliphatic carbocycles. The minimum Gasteiger partial charge on any atom is -0.480 e. The van der Waals surface area contributed by atoms with Crippen molar-refractivity contribution >= 4 is 12.1 Å². The van der Waals surface area contributed by atoms with Crippen LogP contribution in [0.1, 0.15) is 23.5 Å². The molecule has 2 N–H and O–H groups in total. The third-order valence-corrected chi connectivity index (χ3v) is 5.23. The molecule has 3 aromatic rings. The zero-order valence-electron chi connectivity index (χ0n) is 16.7. The van der Waals surface area contributed by atoms with Gasteiger partial charge in [0.15, 0.2) is 0 Å². The van der Waals surface area contributed by atoms with Crippen molar-refractivity contribution in [1.29, 1.82) is 0 Å². The molecule has 2 aromatic carbocycles. The zero-order valence-corrected chi connectivity index (χ0v) is 16.7. The number of carbonyl (C=O) groups is 2. The van der Waals surface area contributed by atoms with Gasteiger partial charge in [-0.2, -0.15) is 0 Å². The molecule has 0 spiro atoms. The number of aromatic nitrogens is 1. The molecule has 0 unspecified atom stereocenters. The molecule has 1 heterocycles. The second-order valence-corrected chi connectivity index (χ2v) is 7.17. The summed E-state index contributed by atoms with van der Waals surface area (Å²) in [7, 11) is 0. The highest BCUT2D eigenvalue weighted by Gasteiger charge is 2.29. The molecule has 0 fully saturated rings. The first-order chi connectivity index (χ1) is 15.1. The predicted octanol–water partition coefficient (Wildman–Crippen LogP) is 3.84. The lowest BCUT2D eigenvalue weighted by molar-refractivity contribution is -0.139. The van der Waals surface area contributed by atoms with Crippen molar-refractivity contribution in [3.05, 3.63) is 84.1 Å². The summed E-state index contributed by atoms with van der Waals surface area (Å²) in [5.74, 6) is -0.847. The molecule has 1 aliphatic rings. The van der Waals surface area contributed by atoms with E-state index in [1.54, 1.807) is 24.4 Å². The van der Waals surface area contributed by atoms with Crippen molar-refractivity contribution in [2.24, 2.45) is 0 Å². The normalized spacial score (nSPS) is 13.0. The van der Waals surface area contributed by atoms with Crippen LogP contribution in [0.2, 0.25) is 0 Å². The number of carboxylic acid groups (broad SMARTS) is 1. The molecule has 1 atom stereocenters. The number of carbonyl (C=O) groups excluding carboxylic acids is 1. The maximum atomic E-state index is 12.3. The second-order valence-electron chi connectivity index (χ2n) is 7.17. The van der Waals surface area contributed by atoms with Crippen LogP contribution in [0.4, 0.5) is 4.79 Å². The van der Waals surface area contributed by atoms with Crippen LogP contribution in [0.25, 0.3) is 11.1 Å². The van der Waals surface area contributed by atoms with Gasteiger partial charge in [-0.05, 0) is 28.3 Å². The van der Waals surface area contributed by atoms with Gasteiger partial charge in [0.2, 0.25) is 5.88 Å². The van der Waals surface area contributed by atoms with Crippen LogP contribution in [0.3, 0.4) is 0 Å². The highest BCUT2D eigenvalue weighted by molar-refractivity contribution is 5.81. The summed E-state index contributed by atoms with van der Waals surface area (Å²) in [6.45, 7) is 0.217. The maximum Gasteiger partial charge on any atom is 0.407 e. The summed E-state index contributed by atoms with van der Waals surface area (Å²) < 4.78 is 10.8. The minimum absolute atomic E-state index is 0.0795. The molecule has 7 heteroatoms. The molecule has 0 saturated heterocycles. The minimum atomic E-state index is -1.15. The van der Waals surface area contributed by atoms with Crippen molar-refractivity contribution < 1.29 is 24.2 Å². The van der Waals surface area contributed by atoms with Gasteiger partial charge in [0.05, 0.1) is 6.61 Å². The third kappa shape index (κ3) is 4.66. The van der Waals surface area contributed by atoms with E-state index in [2.05, 4.69) is 22.4 Å². The standard InChI is InChI=1S/C24H22N2O5/c27-23(28)21(12-14-30-22-11-5-6-13-25-22)26-24(29)31-15-20-18-9-3-1-7-16(18)17-8-2-4-10-19(17)20/h1-11,13,20-21H,12,14-15H2,(H,26,29)(H,27,28)/t21-/m0/s1. The number of fused-ring (bicyclic) bond motifs is 3. The Kier molecular flexibility index (Phi) is 6.12. The molecule has 0 bridgehead atoms. The van der Waals surface area contributed by atoms with E-state index < -0.39 is 18.1 Å². The average Bonchev–Trinajstić information content (AvgIpc) is 3.11. The van der Waals surface area contributed by atoms with Gasteiger partial charge in [-0.3, -0.25) is 0 Å². The lowest BCUT2D eigenvalue weighted by atomic mass is 9.98. The number of pyridine rings is 1. The molecular formula is C24H22N2O5. The topological polar surface area (TPSA) is 97.8 Å². The number of benzene rings is 2. The molecule has 158 valence electrons. The molecule has 0 aliphatic heterocycles. The highest BCUT2D eigenvalue weighted by Crippen LogP contribution is 2.44. The Labute approximate surface area is 179 Å². The van der Waals surface area contributed by atoms with E-state index >= 15 is 0 Å². The highest BCUT2D eigenvalue weighted by atomic mass is 16.5. The molecule has 1 amide bonds. The third-order valence-electron chi connectivity index (χ3n) is 5.23. The van der Waals surface area contributed by atoms with Crippen LogP contribution in [0.15, 0.2) is 72.9 Å². The summed E-state index contributed by atoms with van der Waals surface area (Å²) in [6.07, 6.45) is 0.891. The van der Waals surface area contributed by atoms with Gasteiger partial charge in [-0.25, -0.2) is 14.6 Å². The summed E-state index contributed by atoms with van der Waals surface area (Å²) in [4.78, 5) is 27.9. The molecular weight excluding hydrogens is 396 g/mol. The number of rotatable bonds is 8. The fraction of sp³-hybridized carbons (Fsp3) is 0.208. The predicted molar refractivity (Wildman–Crippen MR) is 114 cm³/mol. The number of hydrogen-bond acceptors (Lipinski definition) is 5. The monoisotopic (exact) mass is 418 g/mol. The van der Waals surface area contributed by atoms with Crippen molar-refractivity contribution in [3.8, 4) is 17.0 Å². The molecule has 1 aromatic heterocycles. The zero-order chi connectivity index (χ0) is 21.6. The molecule has 31 heavy (non-hydrogen) atoms. The Balaban J connectivity index is 1.34. The van der Waals surface area contributed by atoms with Gasteiger partial charge in [0.1, 0.15) is 12.6 Å². The maximum absolute atomic E-state index is 12.3. The number of nitrogens with one attached hydrogen (secondary N) is 1. The van der Waals surface area contributed by atoms with Gasteiger partial charge >= 0.3 is 12.1 Å². The molecule has 4 rings (SSSR count). The number of ether oxygens (including phenoxy) is 2. The van der Waals surface area contributed by atoms with Crippen LogP contribution in [-0.2, 0) is 9.53 Å². The fourth-order valence-corrected chi connectivity index (χ4v) is 3.75. The van der Waals surface area contributed by atoms with E-state index in [0.717, 1.165) is 22.3 Å². The van der Waals surface area contributed by atoms with E-state index in [9.17, 15) is 14.7 Å². The lowest BCUT2D eigenvalue weighted by Gasteiger charge is -2.17. The Morgan fingerprint density at radius 3 is 2.23 bits per heavy atom. The van der Waals surface area contributed by atoms with Crippen LogP contribution < -0.4 is 10.1 Å². The van der Waals surface area contributed by atoms with Gasteiger partial charge < -0.3 is 19.9 Å². The second kappa shape index (κ2) is 9.30. The van der Waals surface area contributed by atoms with Crippen molar-refractivity contribution in [3.63, 3.8) is 0 Å². The van der Waals surface area contributed by atoms with Gasteiger partial charge in [0, 0.05) is 24.6 Å². The van der Waals surface area contributed by atoms with E-state index in [0.29, 0.717) is 5.88 Å². The first kappa shape index (κ1) is 20.4. The molecule has 0 saturated carbocycles. The quantitative estimate of drug-likeness (QED) is 0.577. The first-order valence-corrected chi connectivity index (χ1v) is 10.0. The molecule has 0 radical (unpaired) electrons. The lowest BCUT2D eigenvalue weighted by Crippen LogP contribution is -2.42. The Morgan fingerprint density at radius 2 is 1.61 bits per heavy atom. The smallest absolute Gasteiger partial charge is 0.407 e. The summed E-state index contributed by atoms with van der Waals surface area (Å²) in [5, 5.41) is 11.8. The van der Waals surface area contributed by atoms with Crippen molar-refractivity contribution in [1.82, 2.24) is 10.3 Å². The number of alkyl carbamates (subject to hydrolysis) is 1. The summed E-state index contributed by atoms with van der Waals surface area (Å²) in [6, 6.07) is 20.1. The number of amides is 1. The Hall–Kier alpha value is -3.87. The first-order valence-electron chi connectivity index (χ1n) is 10.0. The van der Waals surface area contributed by atoms with Crippen LogP contribution >= 0.6 is 0 Å². The Morgan fingerprint density at radius 1 is 0.968 bits per heavy atom. The largest absolute Gasteiger partial charge is 0.480 e. The SMILES string of the molecule is O=C(N[C@@H](CCOc1ccccn1)C(=O)O)OCC1c2ccccc2-c2ccccc21. The number of carboxylic acids is 1. The van der Waals surface area contributed by atoms with Crippen LogP contribution in [0.5, 0.6) is 5.88 Å². The number of nitrogens with zero attached hydrogens (tertiary/aromatic N) is 1. The fourth-order valence-electron chi connectivity index (χ4n) is 3.75. The van der Waals surface area contributed by atoms with E-state index in [4.69, 9.17) is 9.47 Å². The van der Waals surface area contributed by atoms with E-state index in [1.165, 1.54) is 0 Å². The number of aliphatic carboxylic acids is 1. The van der Waals surface area contributed by atoms with Gasteiger partial charge in [-0.15, -0.1) is 0 Å². The van der Waals surface area contributed by atoms with E-state index in [-0.39, 0.29) is 25.6 Å². The van der Waals surface area contributed by atoms with Crippen molar-refractivity contribution in [2.45, 2.75) is 18.4 Å². The summed E-state index contributed by atoms with van der Waals surface area (Å²) >= 11 is 0. The molecule has 7 nitrogen and oxygen atoms in total. The van der Waals surface area contributed by atoms with Gasteiger partial charge in [0.25, 0.3) is 0 Å². The van der Waals surface area contributed by atoms with Crippen LogP contribution in [0, 0.1) is 0 Å². The number of hydrogen-bond donors (Lipinski definition) is 2. The van der Waals surface area contributed by atoms with Gasteiger partial charge in [-0.1, -0.05) is 54.6 Å². The van der Waals surface area contributed by atoms with Crippen LogP contribution in [-0.4, -0.2) is 41.4 Å². The average molecular weight is 418 g/mol. The van der Waals surface area contributed by atoms with Crippen molar-refractivity contribution in [2.75, 3.05) is 13.2 Å². The van der Waals surface area contributed by atoms with E-state index in [1.807, 2.05) is 36.4 Å².